The van der Waals surface area contributed by atoms with Crippen molar-refractivity contribution in [2.45, 2.75) is 70.0 Å². The van der Waals surface area contributed by atoms with E-state index in [0.29, 0.717) is 29.5 Å². The lowest BCUT2D eigenvalue weighted by atomic mass is 9.98. The summed E-state index contributed by atoms with van der Waals surface area (Å²) in [4.78, 5) is 71.3. The highest BCUT2D eigenvalue weighted by atomic mass is 19.3. The number of alkyl halides is 2. The number of fused-ring (bicyclic) bond motifs is 1. The van der Waals surface area contributed by atoms with Gasteiger partial charge in [0, 0.05) is 25.1 Å². The first-order chi connectivity index (χ1) is 31.4. The zero-order valence-corrected chi connectivity index (χ0v) is 36.3. The van der Waals surface area contributed by atoms with Crippen LogP contribution in [0.1, 0.15) is 68.4 Å². The molecule has 2 fully saturated rings. The molecule has 2 saturated heterocycles. The number of alkyl carbamates (subject to hydrolysis) is 2. The lowest BCUT2D eigenvalue weighted by Crippen LogP contribution is -2.51. The number of halogens is 2. The Balaban J connectivity index is 0.958. The predicted molar refractivity (Wildman–Crippen MR) is 237 cm³/mol. The molecule has 17 heteroatoms. The van der Waals surface area contributed by atoms with E-state index in [1.54, 1.807) is 43.3 Å². The van der Waals surface area contributed by atoms with Gasteiger partial charge in [0.2, 0.25) is 5.91 Å². The third-order valence-corrected chi connectivity index (χ3v) is 12.1. The SMILES string of the molecule is COC(=O)NC(C(=O)N1CCC[C@H]1c1ncc(-c2ccc3cc(-c4ccc(-c5cnc([C@@H]6CC(OC(F)F)CN6C(=O)[C@@H](NC(=O)OC)C(C)C)[nH]5)cc4)ccc3c2)[nH]1)c1ccccc1. The van der Waals surface area contributed by atoms with E-state index in [2.05, 4.69) is 55.9 Å². The minimum absolute atomic E-state index is 0.0909. The molecule has 0 radical (unpaired) electrons. The zero-order valence-electron chi connectivity index (χ0n) is 36.3. The topological polar surface area (TPSA) is 184 Å². The van der Waals surface area contributed by atoms with Crippen LogP contribution in [-0.2, 0) is 23.8 Å². The van der Waals surface area contributed by atoms with Crippen LogP contribution in [0, 0.1) is 5.92 Å². The molecule has 5 atom stereocenters. The number of hydrogen-bond donors (Lipinski definition) is 4. The molecule has 4 aromatic carbocycles. The number of H-pyrrole nitrogens is 2. The quantitative estimate of drug-likeness (QED) is 0.0886. The van der Waals surface area contributed by atoms with Crippen LogP contribution in [0.5, 0.6) is 0 Å². The lowest BCUT2D eigenvalue weighted by Gasteiger charge is -2.29. The number of carbonyl (C=O) groups excluding carboxylic acids is 4. The van der Waals surface area contributed by atoms with Gasteiger partial charge >= 0.3 is 18.8 Å². The van der Waals surface area contributed by atoms with Crippen LogP contribution in [0.4, 0.5) is 18.4 Å². The Kier molecular flexibility index (Phi) is 13.2. The highest BCUT2D eigenvalue weighted by Crippen LogP contribution is 2.37. The molecule has 65 heavy (non-hydrogen) atoms. The first kappa shape index (κ1) is 44.5. The van der Waals surface area contributed by atoms with E-state index in [9.17, 15) is 28.0 Å². The van der Waals surface area contributed by atoms with Crippen LogP contribution in [0.2, 0.25) is 0 Å². The summed E-state index contributed by atoms with van der Waals surface area (Å²) in [5, 5.41) is 7.34. The summed E-state index contributed by atoms with van der Waals surface area (Å²) in [6, 6.07) is 26.6. The molecule has 338 valence electrons. The van der Waals surface area contributed by atoms with Crippen LogP contribution in [0.15, 0.2) is 103 Å². The van der Waals surface area contributed by atoms with Crippen LogP contribution in [0.25, 0.3) is 44.4 Å². The molecule has 2 aliphatic rings. The summed E-state index contributed by atoms with van der Waals surface area (Å²) in [7, 11) is 2.47. The zero-order chi connectivity index (χ0) is 45.8. The number of aromatic nitrogens is 4. The number of nitrogens with zero attached hydrogens (tertiary/aromatic N) is 4. The molecule has 6 aromatic rings. The third kappa shape index (κ3) is 9.69. The molecule has 0 bridgehead atoms. The smallest absolute Gasteiger partial charge is 0.407 e. The van der Waals surface area contributed by atoms with Gasteiger partial charge in [-0.1, -0.05) is 92.7 Å². The third-order valence-electron chi connectivity index (χ3n) is 12.1. The summed E-state index contributed by atoms with van der Waals surface area (Å²) in [5.41, 5.74) is 5.93. The Morgan fingerprint density at radius 1 is 0.708 bits per heavy atom. The number of aromatic amines is 2. The fourth-order valence-corrected chi connectivity index (χ4v) is 8.75. The first-order valence-electron chi connectivity index (χ1n) is 21.4. The number of benzene rings is 4. The van der Waals surface area contributed by atoms with E-state index in [1.807, 2.05) is 48.5 Å². The molecule has 2 aromatic heterocycles. The number of methoxy groups -OCH3 is 2. The van der Waals surface area contributed by atoms with Crippen LogP contribution < -0.4 is 10.6 Å². The minimum Gasteiger partial charge on any atom is -0.453 e. The fraction of sp³-hybridized carbons (Fsp3) is 0.333. The van der Waals surface area contributed by atoms with E-state index in [-0.39, 0.29) is 30.8 Å². The minimum atomic E-state index is -3.01. The Morgan fingerprint density at radius 2 is 1.29 bits per heavy atom. The highest BCUT2D eigenvalue weighted by Gasteiger charge is 2.43. The maximum absolute atomic E-state index is 14.0. The van der Waals surface area contributed by atoms with Gasteiger partial charge in [-0.25, -0.2) is 19.6 Å². The largest absolute Gasteiger partial charge is 0.453 e. The normalized spacial score (nSPS) is 18.2. The highest BCUT2D eigenvalue weighted by molar-refractivity contribution is 5.91. The van der Waals surface area contributed by atoms with Crippen molar-refractivity contribution in [2.75, 3.05) is 27.3 Å². The van der Waals surface area contributed by atoms with Crippen molar-refractivity contribution in [3.8, 4) is 33.6 Å². The van der Waals surface area contributed by atoms with Crippen molar-refractivity contribution in [2.24, 2.45) is 5.92 Å². The summed E-state index contributed by atoms with van der Waals surface area (Å²) >= 11 is 0. The first-order valence-corrected chi connectivity index (χ1v) is 21.4. The molecular weight excluding hydrogens is 839 g/mol. The average molecular weight is 889 g/mol. The molecule has 2 unspecified atom stereocenters. The van der Waals surface area contributed by atoms with Crippen molar-refractivity contribution in [1.29, 1.82) is 0 Å². The molecule has 8 rings (SSSR count). The van der Waals surface area contributed by atoms with Gasteiger partial charge in [-0.15, -0.1) is 0 Å². The van der Waals surface area contributed by atoms with Gasteiger partial charge in [0.15, 0.2) is 0 Å². The fourth-order valence-electron chi connectivity index (χ4n) is 8.75. The van der Waals surface area contributed by atoms with Crippen molar-refractivity contribution < 1.29 is 42.2 Å². The molecule has 4 heterocycles. The standard InChI is InChI=1S/C48H50F2N8O7/c1-27(2)40(55-47(61)63-3)44(59)58-26-35(65-46(49)50)23-39(58)43-52-24-36(53-43)29-14-12-28(13-15-29)31-16-17-33-22-34(19-18-32(33)21-31)37-25-51-42(54-37)38-11-8-20-57(38)45(60)41(56-48(62)64-4)30-9-6-5-7-10-30/h5-7,9-10,12-19,21-22,24-25,27,35,38-41,46H,8,11,20,23,26H2,1-4H3,(H,51,54)(H,52,53)(H,55,61)(H,56,62)/t35?,38-,39-,40-,41?/m0/s1. The van der Waals surface area contributed by atoms with E-state index in [4.69, 9.17) is 19.2 Å². The number of imidazole rings is 2. The maximum atomic E-state index is 14.0. The van der Waals surface area contributed by atoms with Gasteiger partial charge in [-0.05, 0) is 63.9 Å². The Hall–Kier alpha value is -7.14. The Labute approximate surface area is 373 Å². The molecule has 4 amide bonds. The predicted octanol–water partition coefficient (Wildman–Crippen LogP) is 8.31. The molecule has 2 aliphatic heterocycles. The summed E-state index contributed by atoms with van der Waals surface area (Å²) in [6.45, 7) is 0.962. The van der Waals surface area contributed by atoms with Crippen molar-refractivity contribution >= 4 is 34.8 Å². The number of rotatable bonds is 13. The molecule has 4 N–H and O–H groups in total. The Morgan fingerprint density at radius 3 is 1.94 bits per heavy atom. The molecule has 0 saturated carbocycles. The van der Waals surface area contributed by atoms with Crippen molar-refractivity contribution in [1.82, 2.24) is 40.4 Å². The van der Waals surface area contributed by atoms with E-state index in [1.165, 1.54) is 19.1 Å². The van der Waals surface area contributed by atoms with Crippen molar-refractivity contribution in [3.05, 3.63) is 121 Å². The van der Waals surface area contributed by atoms with Gasteiger partial charge in [0.05, 0.1) is 56.2 Å². The number of hydrogen-bond acceptors (Lipinski definition) is 9. The lowest BCUT2D eigenvalue weighted by molar-refractivity contribution is -0.160. The van der Waals surface area contributed by atoms with E-state index >= 15 is 0 Å². The summed E-state index contributed by atoms with van der Waals surface area (Å²) in [5.74, 6) is 0.0919. The van der Waals surface area contributed by atoms with Crippen LogP contribution >= 0.6 is 0 Å². The maximum Gasteiger partial charge on any atom is 0.407 e. The number of likely N-dealkylation sites (tertiary alicyclic amines) is 2. The van der Waals surface area contributed by atoms with Gasteiger partial charge in [-0.3, -0.25) is 9.59 Å². The van der Waals surface area contributed by atoms with Gasteiger partial charge in [-0.2, -0.15) is 8.78 Å². The second-order valence-corrected chi connectivity index (χ2v) is 16.5. The Bertz CT molecular complexity index is 2650. The second-order valence-electron chi connectivity index (χ2n) is 16.5. The molecular formula is C48H50F2N8O7. The van der Waals surface area contributed by atoms with Crippen LogP contribution in [0.3, 0.4) is 0 Å². The number of ether oxygens (including phenoxy) is 3. The number of nitrogens with one attached hydrogen (secondary N) is 4. The van der Waals surface area contributed by atoms with E-state index < -0.39 is 48.9 Å². The van der Waals surface area contributed by atoms with Crippen LogP contribution in [-0.4, -0.2) is 99.8 Å². The number of carbonyl (C=O) groups is 4. The summed E-state index contributed by atoms with van der Waals surface area (Å²) in [6.07, 6.45) is 2.65. The van der Waals surface area contributed by atoms with Crippen molar-refractivity contribution in [3.63, 3.8) is 0 Å². The average Bonchev–Trinajstić information content (AvgIpc) is 4.17. The van der Waals surface area contributed by atoms with Gasteiger partial charge in [0.1, 0.15) is 23.7 Å². The molecule has 0 spiro atoms. The second kappa shape index (κ2) is 19.3. The molecule has 0 aliphatic carbocycles. The monoisotopic (exact) mass is 888 g/mol. The molecule has 15 nitrogen and oxygen atoms in total. The summed E-state index contributed by atoms with van der Waals surface area (Å²) < 4.78 is 41.0. The van der Waals surface area contributed by atoms with Gasteiger partial charge in [0.25, 0.3) is 5.91 Å². The van der Waals surface area contributed by atoms with E-state index in [0.717, 1.165) is 51.6 Å². The van der Waals surface area contributed by atoms with Gasteiger partial charge < -0.3 is 44.6 Å². The number of amides is 4.